The van der Waals surface area contributed by atoms with Gasteiger partial charge in [-0.15, -0.1) is 6.42 Å². The molecule has 3 heteroatoms. The van der Waals surface area contributed by atoms with Crippen molar-refractivity contribution in [2.45, 2.75) is 31.3 Å². The normalized spacial score (nSPS) is 33.3. The number of hydrogen-bond donors (Lipinski definition) is 2. The molecule has 1 aliphatic rings. The first-order valence-electron chi connectivity index (χ1n) is 4.55. The molecule has 2 atom stereocenters. The maximum Gasteiger partial charge on any atom is 0.120 e. The third kappa shape index (κ3) is 2.45. The second kappa shape index (κ2) is 4.28. The molecule has 1 heterocycles. The molecule has 0 aromatic carbocycles. The van der Waals surface area contributed by atoms with E-state index in [1.807, 2.05) is 0 Å². The van der Waals surface area contributed by atoms with Gasteiger partial charge in [-0.05, 0) is 19.8 Å². The van der Waals surface area contributed by atoms with Crippen LogP contribution in [0.4, 0.5) is 0 Å². The van der Waals surface area contributed by atoms with E-state index in [9.17, 15) is 0 Å². The molecule has 13 heavy (non-hydrogen) atoms. The minimum Gasteiger partial charge on any atom is -0.311 e. The van der Waals surface area contributed by atoms with Crippen molar-refractivity contribution in [2.24, 2.45) is 0 Å². The van der Waals surface area contributed by atoms with E-state index in [1.54, 1.807) is 0 Å². The van der Waals surface area contributed by atoms with Gasteiger partial charge in [-0.1, -0.05) is 5.92 Å². The smallest absolute Gasteiger partial charge is 0.120 e. The van der Waals surface area contributed by atoms with E-state index in [-0.39, 0.29) is 0 Å². The Labute approximate surface area is 79.5 Å². The Morgan fingerprint density at radius 2 is 2.54 bits per heavy atom. The standard InChI is InChI=1S/C10H15N3/c1-3-6-13-10(7-11)5-4-9(2)12-8-10/h1,9,12-13H,4-6,8H2,2H3. The summed E-state index contributed by atoms with van der Waals surface area (Å²) in [5.41, 5.74) is -0.446. The second-order valence-electron chi connectivity index (χ2n) is 3.57. The van der Waals surface area contributed by atoms with Gasteiger partial charge in [0.1, 0.15) is 5.54 Å². The van der Waals surface area contributed by atoms with Gasteiger partial charge in [0, 0.05) is 12.6 Å². The van der Waals surface area contributed by atoms with Crippen LogP contribution in [0.2, 0.25) is 0 Å². The molecule has 70 valence electrons. The van der Waals surface area contributed by atoms with Crippen molar-refractivity contribution in [3.63, 3.8) is 0 Å². The van der Waals surface area contributed by atoms with E-state index in [2.05, 4.69) is 29.5 Å². The van der Waals surface area contributed by atoms with E-state index in [0.717, 1.165) is 12.8 Å². The summed E-state index contributed by atoms with van der Waals surface area (Å²) in [6, 6.07) is 2.81. The number of rotatable bonds is 2. The first-order chi connectivity index (χ1) is 6.22. The number of hydrogen-bond acceptors (Lipinski definition) is 3. The fourth-order valence-electron chi connectivity index (χ4n) is 1.51. The average Bonchev–Trinajstić information content (AvgIpc) is 2.18. The zero-order valence-electron chi connectivity index (χ0n) is 7.93. The highest BCUT2D eigenvalue weighted by molar-refractivity contribution is 5.12. The molecule has 1 aliphatic heterocycles. The monoisotopic (exact) mass is 177 g/mol. The molecule has 0 aromatic rings. The summed E-state index contributed by atoms with van der Waals surface area (Å²) >= 11 is 0. The Hall–Kier alpha value is -1.03. The Kier molecular flexibility index (Phi) is 3.31. The van der Waals surface area contributed by atoms with Gasteiger partial charge in [-0.3, -0.25) is 5.32 Å². The number of nitrogens with zero attached hydrogens (tertiary/aromatic N) is 1. The molecule has 0 bridgehead atoms. The molecular formula is C10H15N3. The van der Waals surface area contributed by atoms with Crippen molar-refractivity contribution in [2.75, 3.05) is 13.1 Å². The summed E-state index contributed by atoms with van der Waals surface area (Å²) in [5, 5.41) is 15.4. The van der Waals surface area contributed by atoms with Crippen molar-refractivity contribution < 1.29 is 0 Å². The van der Waals surface area contributed by atoms with Gasteiger partial charge >= 0.3 is 0 Å². The highest BCUT2D eigenvalue weighted by atomic mass is 15.1. The van der Waals surface area contributed by atoms with Crippen LogP contribution in [0.1, 0.15) is 19.8 Å². The van der Waals surface area contributed by atoms with Crippen molar-refractivity contribution in [1.29, 1.82) is 5.26 Å². The van der Waals surface area contributed by atoms with E-state index >= 15 is 0 Å². The minimum absolute atomic E-state index is 0.446. The van der Waals surface area contributed by atoms with Crippen LogP contribution in [-0.2, 0) is 0 Å². The third-order valence-corrected chi connectivity index (χ3v) is 2.50. The maximum absolute atomic E-state index is 9.03. The van der Waals surface area contributed by atoms with Gasteiger partial charge in [0.25, 0.3) is 0 Å². The fourth-order valence-corrected chi connectivity index (χ4v) is 1.51. The van der Waals surface area contributed by atoms with Gasteiger partial charge in [0.05, 0.1) is 12.6 Å². The summed E-state index contributed by atoms with van der Waals surface area (Å²) in [7, 11) is 0. The van der Waals surface area contributed by atoms with Gasteiger partial charge in [-0.2, -0.15) is 5.26 Å². The summed E-state index contributed by atoms with van der Waals surface area (Å²) in [4.78, 5) is 0. The lowest BCUT2D eigenvalue weighted by Gasteiger charge is -2.34. The molecule has 2 unspecified atom stereocenters. The predicted octanol–water partition coefficient (Wildman–Crippen LogP) is 0.243. The number of nitriles is 1. The molecule has 0 amide bonds. The molecule has 1 saturated heterocycles. The highest BCUT2D eigenvalue weighted by Crippen LogP contribution is 2.17. The summed E-state index contributed by atoms with van der Waals surface area (Å²) in [5.74, 6) is 2.50. The molecule has 0 spiro atoms. The quantitative estimate of drug-likeness (QED) is 0.594. The summed E-state index contributed by atoms with van der Waals surface area (Å²) in [6.45, 7) is 3.28. The molecular weight excluding hydrogens is 162 g/mol. The van der Waals surface area contributed by atoms with E-state index in [1.165, 1.54) is 0 Å². The molecule has 0 radical (unpaired) electrons. The van der Waals surface area contributed by atoms with Crippen molar-refractivity contribution in [3.8, 4) is 18.4 Å². The van der Waals surface area contributed by atoms with Crippen LogP contribution >= 0.6 is 0 Å². The minimum atomic E-state index is -0.446. The van der Waals surface area contributed by atoms with Crippen molar-refractivity contribution in [3.05, 3.63) is 0 Å². The Morgan fingerprint density at radius 1 is 1.77 bits per heavy atom. The van der Waals surface area contributed by atoms with Gasteiger partial charge in [-0.25, -0.2) is 0 Å². The first kappa shape index (κ1) is 10.1. The Bertz CT molecular complexity index is 238. The van der Waals surface area contributed by atoms with Gasteiger partial charge in [0.15, 0.2) is 0 Å². The lowest BCUT2D eigenvalue weighted by Crippen LogP contribution is -2.57. The Balaban J connectivity index is 2.52. The molecule has 0 saturated carbocycles. The largest absolute Gasteiger partial charge is 0.311 e. The van der Waals surface area contributed by atoms with Crippen LogP contribution in [0, 0.1) is 23.7 Å². The van der Waals surface area contributed by atoms with Crippen LogP contribution in [0.15, 0.2) is 0 Å². The lowest BCUT2D eigenvalue weighted by atomic mass is 9.89. The van der Waals surface area contributed by atoms with E-state index in [0.29, 0.717) is 19.1 Å². The van der Waals surface area contributed by atoms with Gasteiger partial charge < -0.3 is 5.32 Å². The van der Waals surface area contributed by atoms with Crippen LogP contribution in [-0.4, -0.2) is 24.7 Å². The fraction of sp³-hybridized carbons (Fsp3) is 0.700. The summed E-state index contributed by atoms with van der Waals surface area (Å²) < 4.78 is 0. The molecule has 0 aromatic heterocycles. The second-order valence-corrected chi connectivity index (χ2v) is 3.57. The van der Waals surface area contributed by atoms with Crippen molar-refractivity contribution in [1.82, 2.24) is 10.6 Å². The zero-order valence-corrected chi connectivity index (χ0v) is 7.93. The predicted molar refractivity (Wildman–Crippen MR) is 51.9 cm³/mol. The number of terminal acetylenes is 1. The molecule has 0 aliphatic carbocycles. The topological polar surface area (TPSA) is 47.9 Å². The van der Waals surface area contributed by atoms with E-state index < -0.39 is 5.54 Å². The maximum atomic E-state index is 9.03. The molecule has 3 nitrogen and oxygen atoms in total. The molecule has 1 rings (SSSR count). The molecule has 1 fully saturated rings. The lowest BCUT2D eigenvalue weighted by molar-refractivity contribution is 0.286. The SMILES string of the molecule is C#CCNC1(C#N)CCC(C)NC1. The number of piperidine rings is 1. The zero-order chi connectivity index (χ0) is 9.73. The van der Waals surface area contributed by atoms with Gasteiger partial charge in [0.2, 0.25) is 0 Å². The van der Waals surface area contributed by atoms with Crippen LogP contribution in [0.3, 0.4) is 0 Å². The van der Waals surface area contributed by atoms with Crippen molar-refractivity contribution >= 4 is 0 Å². The van der Waals surface area contributed by atoms with Crippen LogP contribution in [0.5, 0.6) is 0 Å². The highest BCUT2D eigenvalue weighted by Gasteiger charge is 2.33. The number of nitrogens with one attached hydrogen (secondary N) is 2. The van der Waals surface area contributed by atoms with Crippen LogP contribution in [0.25, 0.3) is 0 Å². The molecule has 2 N–H and O–H groups in total. The first-order valence-corrected chi connectivity index (χ1v) is 4.55. The van der Waals surface area contributed by atoms with Crippen LogP contribution < -0.4 is 10.6 Å². The summed E-state index contributed by atoms with van der Waals surface area (Å²) in [6.07, 6.45) is 7.04. The Morgan fingerprint density at radius 3 is 3.00 bits per heavy atom. The van der Waals surface area contributed by atoms with E-state index in [4.69, 9.17) is 11.7 Å². The third-order valence-electron chi connectivity index (χ3n) is 2.50. The average molecular weight is 177 g/mol.